The van der Waals surface area contributed by atoms with Crippen LogP contribution in [0.15, 0.2) is 11.1 Å². The van der Waals surface area contributed by atoms with Gasteiger partial charge in [-0.05, 0) is 45.4 Å². The molecule has 0 aliphatic carbocycles. The molecule has 156 valence electrons. The van der Waals surface area contributed by atoms with E-state index in [1.807, 2.05) is 0 Å². The predicted molar refractivity (Wildman–Crippen MR) is 122 cm³/mol. The third-order valence-corrected chi connectivity index (χ3v) is 6.44. The summed E-state index contributed by atoms with van der Waals surface area (Å²) in [5, 5.41) is 0. The van der Waals surface area contributed by atoms with Gasteiger partial charge in [0.25, 0.3) is 0 Å². The smallest absolute Gasteiger partial charge is 0.0321 e. The van der Waals surface area contributed by atoms with E-state index in [4.69, 9.17) is 0 Å². The molecule has 2 atom stereocenters. The van der Waals surface area contributed by atoms with E-state index < -0.39 is 0 Å². The second kappa shape index (κ2) is 18.1. The van der Waals surface area contributed by atoms with Gasteiger partial charge < -0.3 is 0 Å². The van der Waals surface area contributed by atoms with Crippen LogP contribution in [0, 0.1) is 11.8 Å². The van der Waals surface area contributed by atoms with Gasteiger partial charge in [0, 0.05) is 0 Å². The summed E-state index contributed by atoms with van der Waals surface area (Å²) < 4.78 is 0. The summed E-state index contributed by atoms with van der Waals surface area (Å²) in [5.74, 6) is 1.94. The van der Waals surface area contributed by atoms with Crippen molar-refractivity contribution in [2.75, 3.05) is 0 Å². The lowest BCUT2D eigenvalue weighted by Crippen LogP contribution is -2.03. The van der Waals surface area contributed by atoms with Gasteiger partial charge in [-0.3, -0.25) is 0 Å². The average molecular weight is 365 g/mol. The Morgan fingerprint density at radius 1 is 0.615 bits per heavy atom. The predicted octanol–water partition coefficient (Wildman–Crippen LogP) is 9.88. The lowest BCUT2D eigenvalue weighted by molar-refractivity contribution is 0.360. The zero-order valence-electron chi connectivity index (χ0n) is 19.5. The first-order valence-corrected chi connectivity index (χ1v) is 12.1. The molecule has 0 aromatic carbocycles. The summed E-state index contributed by atoms with van der Waals surface area (Å²) in [6, 6.07) is 0. The van der Waals surface area contributed by atoms with E-state index in [-0.39, 0.29) is 0 Å². The Balaban J connectivity index is 3.36. The maximum Gasteiger partial charge on any atom is -0.0321 e. The molecular formula is C26H52. The van der Waals surface area contributed by atoms with Crippen molar-refractivity contribution in [1.82, 2.24) is 0 Å². The van der Waals surface area contributed by atoms with Crippen LogP contribution in [0.4, 0.5) is 0 Å². The van der Waals surface area contributed by atoms with E-state index in [0.29, 0.717) is 0 Å². The number of hydrogen-bond acceptors (Lipinski definition) is 0. The van der Waals surface area contributed by atoms with Crippen LogP contribution in [0.3, 0.4) is 0 Å². The summed E-state index contributed by atoms with van der Waals surface area (Å²) in [5.41, 5.74) is 3.13. The van der Waals surface area contributed by atoms with Gasteiger partial charge in [-0.1, -0.05) is 122 Å². The molecule has 0 saturated heterocycles. The van der Waals surface area contributed by atoms with Crippen LogP contribution in [-0.4, -0.2) is 0 Å². The van der Waals surface area contributed by atoms with E-state index in [9.17, 15) is 0 Å². The minimum Gasteiger partial charge on any atom is -0.0775 e. The van der Waals surface area contributed by atoms with E-state index in [2.05, 4.69) is 41.5 Å². The molecule has 0 aromatic heterocycles. The minimum absolute atomic E-state index is 0.949. The Bertz CT molecular complexity index is 321. The van der Waals surface area contributed by atoms with Crippen molar-refractivity contribution >= 4 is 0 Å². The van der Waals surface area contributed by atoms with Crippen LogP contribution in [0.2, 0.25) is 0 Å². The van der Waals surface area contributed by atoms with Crippen LogP contribution in [0.25, 0.3) is 0 Å². The minimum atomic E-state index is 0.949. The molecule has 0 amide bonds. The highest BCUT2D eigenvalue weighted by Crippen LogP contribution is 2.23. The molecule has 0 radical (unpaired) electrons. The topological polar surface area (TPSA) is 0 Å². The van der Waals surface area contributed by atoms with E-state index >= 15 is 0 Å². The van der Waals surface area contributed by atoms with E-state index in [1.54, 1.807) is 5.57 Å². The zero-order valence-corrected chi connectivity index (χ0v) is 19.5. The van der Waals surface area contributed by atoms with Crippen molar-refractivity contribution in [3.63, 3.8) is 0 Å². The fraction of sp³-hybridized carbons (Fsp3) is 0.923. The third-order valence-electron chi connectivity index (χ3n) is 6.44. The van der Waals surface area contributed by atoms with Gasteiger partial charge >= 0.3 is 0 Å². The molecule has 0 heteroatoms. The molecule has 0 fully saturated rings. The van der Waals surface area contributed by atoms with Crippen LogP contribution < -0.4 is 0 Å². The summed E-state index contributed by atoms with van der Waals surface area (Å²) in [6.45, 7) is 14.0. The third kappa shape index (κ3) is 16.0. The molecule has 0 nitrogen and oxygen atoms in total. The molecule has 26 heavy (non-hydrogen) atoms. The standard InChI is InChI=1S/C26H52/c1-7-18-26(8-2)22-21-24(5)19-16-14-12-10-9-11-13-15-17-20-25(6)23(3)4/h24,26H,7-22H2,1-6H3. The summed E-state index contributed by atoms with van der Waals surface area (Å²) in [4.78, 5) is 0. The quantitative estimate of drug-likeness (QED) is 0.168. The molecule has 0 spiro atoms. The summed E-state index contributed by atoms with van der Waals surface area (Å²) >= 11 is 0. The van der Waals surface area contributed by atoms with Gasteiger partial charge in [0.2, 0.25) is 0 Å². The monoisotopic (exact) mass is 364 g/mol. The maximum atomic E-state index is 2.48. The molecule has 0 aliphatic rings. The molecule has 0 rings (SSSR count). The van der Waals surface area contributed by atoms with Crippen LogP contribution in [0.1, 0.15) is 144 Å². The van der Waals surface area contributed by atoms with Gasteiger partial charge in [0.15, 0.2) is 0 Å². The normalized spacial score (nSPS) is 13.6. The fourth-order valence-corrected chi connectivity index (χ4v) is 4.00. The highest BCUT2D eigenvalue weighted by molar-refractivity contribution is 5.06. The van der Waals surface area contributed by atoms with Crippen molar-refractivity contribution in [3.8, 4) is 0 Å². The Hall–Kier alpha value is -0.260. The first-order valence-electron chi connectivity index (χ1n) is 12.1. The largest absolute Gasteiger partial charge is 0.0775 e. The first-order chi connectivity index (χ1) is 12.5. The van der Waals surface area contributed by atoms with E-state index in [0.717, 1.165) is 11.8 Å². The van der Waals surface area contributed by atoms with Gasteiger partial charge in [-0.15, -0.1) is 0 Å². The van der Waals surface area contributed by atoms with Crippen molar-refractivity contribution in [1.29, 1.82) is 0 Å². The molecule has 0 aliphatic heterocycles. The highest BCUT2D eigenvalue weighted by Gasteiger charge is 2.08. The molecule has 0 N–H and O–H groups in total. The van der Waals surface area contributed by atoms with Gasteiger partial charge in [0.05, 0.1) is 0 Å². The Labute approximate surface area is 167 Å². The maximum absolute atomic E-state index is 2.48. The van der Waals surface area contributed by atoms with Crippen molar-refractivity contribution in [3.05, 3.63) is 11.1 Å². The van der Waals surface area contributed by atoms with E-state index in [1.165, 1.54) is 108 Å². The molecule has 2 unspecified atom stereocenters. The molecule has 0 bridgehead atoms. The Morgan fingerprint density at radius 3 is 1.65 bits per heavy atom. The number of hydrogen-bond donors (Lipinski definition) is 0. The van der Waals surface area contributed by atoms with Gasteiger partial charge in [-0.2, -0.15) is 0 Å². The Morgan fingerprint density at radius 2 is 1.15 bits per heavy atom. The fourth-order valence-electron chi connectivity index (χ4n) is 4.00. The van der Waals surface area contributed by atoms with Crippen LogP contribution >= 0.6 is 0 Å². The highest BCUT2D eigenvalue weighted by atomic mass is 14.1. The molecular weight excluding hydrogens is 312 g/mol. The average Bonchev–Trinajstić information content (AvgIpc) is 2.62. The number of rotatable bonds is 18. The van der Waals surface area contributed by atoms with Crippen molar-refractivity contribution in [2.24, 2.45) is 11.8 Å². The molecule has 0 aromatic rings. The second-order valence-corrected chi connectivity index (χ2v) is 9.25. The SMILES string of the molecule is CCCC(CC)CCC(C)CCCCCCCCCCCC(C)=C(C)C. The molecule has 0 saturated carbocycles. The number of unbranched alkanes of at least 4 members (excludes halogenated alkanes) is 8. The van der Waals surface area contributed by atoms with Crippen LogP contribution in [-0.2, 0) is 0 Å². The molecule has 0 heterocycles. The van der Waals surface area contributed by atoms with Crippen molar-refractivity contribution in [2.45, 2.75) is 144 Å². The van der Waals surface area contributed by atoms with Gasteiger partial charge in [-0.25, -0.2) is 0 Å². The lowest BCUT2D eigenvalue weighted by atomic mass is 9.89. The van der Waals surface area contributed by atoms with Crippen molar-refractivity contribution < 1.29 is 0 Å². The first kappa shape index (κ1) is 25.7. The van der Waals surface area contributed by atoms with Gasteiger partial charge in [0.1, 0.15) is 0 Å². The van der Waals surface area contributed by atoms with Crippen LogP contribution in [0.5, 0.6) is 0 Å². The zero-order chi connectivity index (χ0) is 19.6. The lowest BCUT2D eigenvalue weighted by Gasteiger charge is -2.17. The second-order valence-electron chi connectivity index (χ2n) is 9.25. The Kier molecular flexibility index (Phi) is 17.9. The number of allylic oxidation sites excluding steroid dienone is 2. The summed E-state index contributed by atoms with van der Waals surface area (Å²) in [6.07, 6.45) is 23.0. The summed E-state index contributed by atoms with van der Waals surface area (Å²) in [7, 11) is 0.